The lowest BCUT2D eigenvalue weighted by Crippen LogP contribution is -2.48. The molecule has 3 N–H and O–H groups in total. The molecule has 4 rings (SSSR count). The third-order valence-electron chi connectivity index (χ3n) is 5.93. The largest absolute Gasteiger partial charge is 0.393 e. The number of halogens is 3. The molecule has 0 bridgehead atoms. The monoisotopic (exact) mass is 482 g/mol. The van der Waals surface area contributed by atoms with E-state index in [1.54, 1.807) is 12.2 Å². The number of piperidine rings is 1. The number of aliphatic hydroxyl groups is 2. The minimum absolute atomic E-state index is 0.00953. The predicted octanol–water partition coefficient (Wildman–Crippen LogP) is 2.43. The molecule has 2 aliphatic rings. The smallest absolute Gasteiger partial charge is 0.256 e. The molecule has 2 aromatic carbocycles. The Morgan fingerprint density at radius 1 is 1.09 bits per heavy atom. The van der Waals surface area contributed by atoms with E-state index in [-0.39, 0.29) is 42.1 Å². The van der Waals surface area contributed by atoms with Gasteiger partial charge in [0.05, 0.1) is 17.1 Å². The van der Waals surface area contributed by atoms with Gasteiger partial charge in [0, 0.05) is 36.5 Å². The maximum absolute atomic E-state index is 13.5. The number of carbonyl (C=O) groups excluding carboxylic acids is 1. The van der Waals surface area contributed by atoms with Crippen LogP contribution in [0.25, 0.3) is 6.08 Å². The molecule has 33 heavy (non-hydrogen) atoms. The maximum atomic E-state index is 13.5. The van der Waals surface area contributed by atoms with E-state index >= 15 is 0 Å². The van der Waals surface area contributed by atoms with Crippen LogP contribution < -0.4 is 5.32 Å². The first kappa shape index (κ1) is 23.4. The van der Waals surface area contributed by atoms with Crippen LogP contribution in [0.4, 0.5) is 18.9 Å². The average molecular weight is 482 g/mol. The van der Waals surface area contributed by atoms with Crippen LogP contribution >= 0.6 is 0 Å². The molecule has 176 valence electrons. The van der Waals surface area contributed by atoms with Crippen LogP contribution in [0.2, 0.25) is 0 Å². The Balaban J connectivity index is 1.66. The SMILES string of the molecule is O=C(Nc1cc(F)c(F)c(F)c1)c1cc(S(=O)(=O)N2CCC(O)(CO)CC2)cc2c1C=CC2. The number of fused-ring (bicyclic) bond motifs is 1. The van der Waals surface area contributed by atoms with Gasteiger partial charge in [-0.15, -0.1) is 0 Å². The maximum Gasteiger partial charge on any atom is 0.256 e. The average Bonchev–Trinajstić information content (AvgIpc) is 3.26. The van der Waals surface area contributed by atoms with Crippen LogP contribution in [0.5, 0.6) is 0 Å². The lowest BCUT2D eigenvalue weighted by Gasteiger charge is -2.36. The van der Waals surface area contributed by atoms with Gasteiger partial charge in [0.2, 0.25) is 10.0 Å². The van der Waals surface area contributed by atoms with Crippen LogP contribution in [-0.4, -0.2) is 54.1 Å². The molecule has 1 saturated heterocycles. The topological polar surface area (TPSA) is 107 Å². The van der Waals surface area contributed by atoms with E-state index in [9.17, 15) is 36.6 Å². The summed E-state index contributed by atoms with van der Waals surface area (Å²) in [4.78, 5) is 12.8. The van der Waals surface area contributed by atoms with Crippen molar-refractivity contribution in [3.63, 3.8) is 0 Å². The summed E-state index contributed by atoms with van der Waals surface area (Å²) < 4.78 is 67.9. The fourth-order valence-electron chi connectivity index (χ4n) is 3.97. The molecule has 0 atom stereocenters. The number of anilines is 1. The van der Waals surface area contributed by atoms with E-state index in [2.05, 4.69) is 5.32 Å². The fourth-order valence-corrected chi connectivity index (χ4v) is 5.49. The number of hydrogen-bond donors (Lipinski definition) is 3. The Labute approximate surface area is 188 Å². The van der Waals surface area contributed by atoms with E-state index in [0.717, 1.165) is 0 Å². The Morgan fingerprint density at radius 3 is 2.33 bits per heavy atom. The molecule has 1 amide bonds. The number of allylic oxidation sites excluding steroid dienone is 1. The van der Waals surface area contributed by atoms with Gasteiger partial charge in [0.1, 0.15) is 0 Å². The highest BCUT2D eigenvalue weighted by molar-refractivity contribution is 7.89. The van der Waals surface area contributed by atoms with Gasteiger partial charge in [-0.3, -0.25) is 4.79 Å². The van der Waals surface area contributed by atoms with E-state index in [1.807, 2.05) is 0 Å². The molecule has 1 aliphatic carbocycles. The van der Waals surface area contributed by atoms with Crippen molar-refractivity contribution in [3.05, 3.63) is 64.5 Å². The van der Waals surface area contributed by atoms with Crippen LogP contribution in [0.15, 0.2) is 35.2 Å². The number of carbonyl (C=O) groups is 1. The van der Waals surface area contributed by atoms with E-state index < -0.39 is 45.6 Å². The molecule has 11 heteroatoms. The van der Waals surface area contributed by atoms with Crippen molar-refractivity contribution in [2.24, 2.45) is 0 Å². The molecule has 7 nitrogen and oxygen atoms in total. The molecule has 1 fully saturated rings. The molecule has 0 unspecified atom stereocenters. The lowest BCUT2D eigenvalue weighted by molar-refractivity contribution is -0.0480. The van der Waals surface area contributed by atoms with Crippen LogP contribution in [0.3, 0.4) is 0 Å². The van der Waals surface area contributed by atoms with Crippen LogP contribution in [0.1, 0.15) is 34.3 Å². The number of nitrogens with zero attached hydrogens (tertiary/aromatic N) is 1. The molecular formula is C22H21F3N2O5S. The van der Waals surface area contributed by atoms with Gasteiger partial charge < -0.3 is 15.5 Å². The molecule has 2 aromatic rings. The summed E-state index contributed by atoms with van der Waals surface area (Å²) in [6.45, 7) is -0.491. The normalized spacial score (nSPS) is 17.7. The van der Waals surface area contributed by atoms with Gasteiger partial charge in [0.25, 0.3) is 5.91 Å². The summed E-state index contributed by atoms with van der Waals surface area (Å²) >= 11 is 0. The van der Waals surface area contributed by atoms with Gasteiger partial charge in [-0.2, -0.15) is 4.31 Å². The Kier molecular flexibility index (Phi) is 6.08. The molecule has 0 spiro atoms. The quantitative estimate of drug-likeness (QED) is 0.568. The van der Waals surface area contributed by atoms with Crippen LogP contribution in [0, 0.1) is 17.5 Å². The van der Waals surface area contributed by atoms with Gasteiger partial charge >= 0.3 is 0 Å². The summed E-state index contributed by atoms with van der Waals surface area (Å²) in [6.07, 6.45) is 3.91. The fraction of sp³-hybridized carbons (Fsp3) is 0.318. The van der Waals surface area contributed by atoms with E-state index in [4.69, 9.17) is 0 Å². The lowest BCUT2D eigenvalue weighted by atomic mass is 9.94. The van der Waals surface area contributed by atoms with Crippen molar-refractivity contribution in [1.82, 2.24) is 4.31 Å². The number of amides is 1. The van der Waals surface area contributed by atoms with E-state index in [1.165, 1.54) is 16.4 Å². The van der Waals surface area contributed by atoms with Crippen molar-refractivity contribution < 1.29 is 36.6 Å². The minimum Gasteiger partial charge on any atom is -0.393 e. The predicted molar refractivity (Wildman–Crippen MR) is 113 cm³/mol. The highest BCUT2D eigenvalue weighted by atomic mass is 32.2. The second-order valence-corrected chi connectivity index (χ2v) is 10.1. The Bertz CT molecular complexity index is 1230. The number of rotatable bonds is 5. The van der Waals surface area contributed by atoms with Crippen molar-refractivity contribution >= 4 is 27.7 Å². The summed E-state index contributed by atoms with van der Waals surface area (Å²) in [7, 11) is -4.03. The zero-order valence-corrected chi connectivity index (χ0v) is 18.1. The van der Waals surface area contributed by atoms with Gasteiger partial charge in [-0.25, -0.2) is 21.6 Å². The third-order valence-corrected chi connectivity index (χ3v) is 7.81. The van der Waals surface area contributed by atoms with Crippen molar-refractivity contribution in [3.8, 4) is 0 Å². The Morgan fingerprint density at radius 2 is 1.73 bits per heavy atom. The zero-order valence-electron chi connectivity index (χ0n) is 17.3. The second kappa shape index (κ2) is 8.56. The third kappa shape index (κ3) is 4.41. The van der Waals surface area contributed by atoms with Crippen molar-refractivity contribution in [2.75, 3.05) is 25.0 Å². The standard InChI is InChI=1S/C22H21F3N2O5S/c23-18-9-14(10-19(24)20(18)25)26-21(29)17-11-15(8-13-2-1-3-16(13)17)33(31,32)27-6-4-22(30,12-28)5-7-27/h1,3,8-11,28,30H,2,4-7,12H2,(H,26,29). The molecule has 0 radical (unpaired) electrons. The van der Waals surface area contributed by atoms with Gasteiger partial charge in [-0.1, -0.05) is 12.2 Å². The molecular weight excluding hydrogens is 461 g/mol. The second-order valence-electron chi connectivity index (χ2n) is 8.14. The molecule has 0 saturated carbocycles. The molecule has 0 aromatic heterocycles. The highest BCUT2D eigenvalue weighted by Gasteiger charge is 2.37. The number of benzene rings is 2. The number of nitrogens with one attached hydrogen (secondary N) is 1. The first-order valence-electron chi connectivity index (χ1n) is 10.2. The van der Waals surface area contributed by atoms with Crippen LogP contribution in [-0.2, 0) is 16.4 Å². The summed E-state index contributed by atoms with van der Waals surface area (Å²) in [5, 5.41) is 21.7. The molecule has 1 aliphatic heterocycles. The number of hydrogen-bond acceptors (Lipinski definition) is 5. The summed E-state index contributed by atoms with van der Waals surface area (Å²) in [5.74, 6) is -5.42. The first-order valence-corrected chi connectivity index (χ1v) is 11.6. The van der Waals surface area contributed by atoms with E-state index in [0.29, 0.717) is 29.7 Å². The number of aliphatic hydroxyl groups excluding tert-OH is 1. The minimum atomic E-state index is -4.03. The Hall–Kier alpha value is -2.73. The number of sulfonamides is 1. The summed E-state index contributed by atoms with van der Waals surface area (Å²) in [6, 6.07) is 3.90. The summed E-state index contributed by atoms with van der Waals surface area (Å²) in [5.41, 5.74) is -0.614. The van der Waals surface area contributed by atoms with Crippen molar-refractivity contribution in [1.29, 1.82) is 0 Å². The molecule has 1 heterocycles. The van der Waals surface area contributed by atoms with Crippen molar-refractivity contribution in [2.45, 2.75) is 29.8 Å². The highest BCUT2D eigenvalue weighted by Crippen LogP contribution is 2.32. The van der Waals surface area contributed by atoms with Gasteiger partial charge in [-0.05, 0) is 42.5 Å². The zero-order chi connectivity index (χ0) is 24.0. The van der Waals surface area contributed by atoms with Gasteiger partial charge in [0.15, 0.2) is 17.5 Å². The first-order chi connectivity index (χ1) is 15.5.